The first-order chi connectivity index (χ1) is 9.99. The molecule has 0 aliphatic carbocycles. The van der Waals surface area contributed by atoms with Gasteiger partial charge < -0.3 is 15.1 Å². The SMILES string of the molecule is O=C1c2c(ccc(O)c2O)CN1Cc1cccc(F)c1F. The third-order valence-corrected chi connectivity index (χ3v) is 3.50. The highest BCUT2D eigenvalue weighted by Crippen LogP contribution is 2.37. The predicted octanol–water partition coefficient (Wildman–Crippen LogP) is 2.53. The summed E-state index contributed by atoms with van der Waals surface area (Å²) in [7, 11) is 0. The molecule has 3 rings (SSSR count). The maximum atomic E-state index is 13.7. The standard InChI is InChI=1S/C15H11F2NO3/c16-10-3-1-2-9(13(10)17)7-18-6-8-4-5-11(19)14(20)12(8)15(18)21/h1-5,19-20H,6-7H2. The van der Waals surface area contributed by atoms with Gasteiger partial charge in [0.25, 0.3) is 5.91 Å². The van der Waals surface area contributed by atoms with Gasteiger partial charge in [0.05, 0.1) is 5.56 Å². The van der Waals surface area contributed by atoms with Crippen LogP contribution in [0.2, 0.25) is 0 Å². The molecule has 0 fully saturated rings. The molecule has 2 aromatic rings. The Kier molecular flexibility index (Phi) is 3.01. The lowest BCUT2D eigenvalue weighted by Crippen LogP contribution is -2.24. The van der Waals surface area contributed by atoms with E-state index in [9.17, 15) is 23.8 Å². The van der Waals surface area contributed by atoms with Gasteiger partial charge in [-0.25, -0.2) is 8.78 Å². The quantitative estimate of drug-likeness (QED) is 0.836. The third kappa shape index (κ3) is 2.08. The van der Waals surface area contributed by atoms with E-state index in [4.69, 9.17) is 0 Å². The average molecular weight is 291 g/mol. The summed E-state index contributed by atoms with van der Waals surface area (Å²) < 4.78 is 26.8. The molecule has 2 N–H and O–H groups in total. The number of amides is 1. The van der Waals surface area contributed by atoms with E-state index in [-0.39, 0.29) is 30.0 Å². The lowest BCUT2D eigenvalue weighted by atomic mass is 10.1. The fraction of sp³-hybridized carbons (Fsp3) is 0.133. The first-order valence-corrected chi connectivity index (χ1v) is 6.25. The number of nitrogens with zero attached hydrogens (tertiary/aromatic N) is 1. The summed E-state index contributed by atoms with van der Waals surface area (Å²) in [4.78, 5) is 13.5. The summed E-state index contributed by atoms with van der Waals surface area (Å²) in [5.41, 5.74) is 0.596. The van der Waals surface area contributed by atoms with Gasteiger partial charge in [0.15, 0.2) is 23.1 Å². The van der Waals surface area contributed by atoms with E-state index in [0.29, 0.717) is 5.56 Å². The summed E-state index contributed by atoms with van der Waals surface area (Å²) >= 11 is 0. The van der Waals surface area contributed by atoms with Crippen molar-refractivity contribution < 1.29 is 23.8 Å². The topological polar surface area (TPSA) is 60.8 Å². The van der Waals surface area contributed by atoms with Crippen molar-refractivity contribution in [2.45, 2.75) is 13.1 Å². The Balaban J connectivity index is 1.92. The molecule has 108 valence electrons. The maximum Gasteiger partial charge on any atom is 0.258 e. The highest BCUT2D eigenvalue weighted by Gasteiger charge is 2.32. The largest absolute Gasteiger partial charge is 0.504 e. The van der Waals surface area contributed by atoms with E-state index < -0.39 is 23.3 Å². The highest BCUT2D eigenvalue weighted by atomic mass is 19.2. The monoisotopic (exact) mass is 291 g/mol. The van der Waals surface area contributed by atoms with Gasteiger partial charge in [0, 0.05) is 18.7 Å². The van der Waals surface area contributed by atoms with Crippen LogP contribution in [-0.4, -0.2) is 21.0 Å². The number of fused-ring (bicyclic) bond motifs is 1. The van der Waals surface area contributed by atoms with Crippen molar-refractivity contribution in [3.05, 3.63) is 58.7 Å². The van der Waals surface area contributed by atoms with Crippen LogP contribution >= 0.6 is 0 Å². The summed E-state index contributed by atoms with van der Waals surface area (Å²) in [5.74, 6) is -3.37. The van der Waals surface area contributed by atoms with Gasteiger partial charge in [0.1, 0.15) is 0 Å². The molecule has 0 saturated carbocycles. The van der Waals surface area contributed by atoms with Crippen molar-refractivity contribution in [1.82, 2.24) is 4.90 Å². The second-order valence-corrected chi connectivity index (χ2v) is 4.84. The van der Waals surface area contributed by atoms with Crippen LogP contribution in [-0.2, 0) is 13.1 Å². The van der Waals surface area contributed by atoms with Gasteiger partial charge in [-0.1, -0.05) is 18.2 Å². The van der Waals surface area contributed by atoms with Crippen molar-refractivity contribution in [2.24, 2.45) is 0 Å². The van der Waals surface area contributed by atoms with Gasteiger partial charge in [-0.2, -0.15) is 0 Å². The molecule has 1 aliphatic rings. The molecule has 2 aromatic carbocycles. The summed E-state index contributed by atoms with van der Waals surface area (Å²) in [6.45, 7) is 0.0509. The minimum atomic E-state index is -0.992. The van der Waals surface area contributed by atoms with Crippen LogP contribution in [0.1, 0.15) is 21.5 Å². The van der Waals surface area contributed by atoms with E-state index in [1.807, 2.05) is 0 Å². The Hall–Kier alpha value is -2.63. The van der Waals surface area contributed by atoms with Gasteiger partial charge in [-0.05, 0) is 17.7 Å². The number of benzene rings is 2. The maximum absolute atomic E-state index is 13.7. The Morgan fingerprint density at radius 2 is 1.90 bits per heavy atom. The first-order valence-electron chi connectivity index (χ1n) is 6.25. The third-order valence-electron chi connectivity index (χ3n) is 3.50. The van der Waals surface area contributed by atoms with Crippen molar-refractivity contribution in [2.75, 3.05) is 0 Å². The highest BCUT2D eigenvalue weighted by molar-refractivity contribution is 6.01. The normalized spacial score (nSPS) is 13.6. The number of carbonyl (C=O) groups is 1. The molecule has 21 heavy (non-hydrogen) atoms. The Labute approximate surface area is 118 Å². The van der Waals surface area contributed by atoms with Crippen molar-refractivity contribution in [3.8, 4) is 11.5 Å². The van der Waals surface area contributed by atoms with Crippen LogP contribution in [0.4, 0.5) is 8.78 Å². The second kappa shape index (κ2) is 4.73. The van der Waals surface area contributed by atoms with Crippen LogP contribution in [0.5, 0.6) is 11.5 Å². The van der Waals surface area contributed by atoms with Crippen LogP contribution < -0.4 is 0 Å². The molecule has 0 unspecified atom stereocenters. The number of phenolic OH excluding ortho intramolecular Hbond substituents is 2. The fourth-order valence-electron chi connectivity index (χ4n) is 2.43. The minimum absolute atomic E-state index is 0.00631. The van der Waals surface area contributed by atoms with E-state index in [1.54, 1.807) is 0 Å². The number of rotatable bonds is 2. The Bertz CT molecular complexity index is 746. The van der Waals surface area contributed by atoms with Crippen LogP contribution in [0.15, 0.2) is 30.3 Å². The van der Waals surface area contributed by atoms with Gasteiger partial charge in [0.2, 0.25) is 0 Å². The molecule has 6 heteroatoms. The minimum Gasteiger partial charge on any atom is -0.504 e. The van der Waals surface area contributed by atoms with Crippen molar-refractivity contribution in [3.63, 3.8) is 0 Å². The molecule has 0 atom stereocenters. The van der Waals surface area contributed by atoms with Crippen molar-refractivity contribution >= 4 is 5.91 Å². The molecule has 0 bridgehead atoms. The van der Waals surface area contributed by atoms with Gasteiger partial charge in [-0.15, -0.1) is 0 Å². The Morgan fingerprint density at radius 3 is 2.67 bits per heavy atom. The number of hydrogen-bond donors (Lipinski definition) is 2. The van der Waals surface area contributed by atoms with E-state index in [0.717, 1.165) is 6.07 Å². The average Bonchev–Trinajstić information content (AvgIpc) is 2.77. The zero-order valence-electron chi connectivity index (χ0n) is 10.8. The predicted molar refractivity (Wildman–Crippen MR) is 69.7 cm³/mol. The first kappa shape index (κ1) is 13.4. The molecule has 1 heterocycles. The molecule has 4 nitrogen and oxygen atoms in total. The number of halogens is 2. The smallest absolute Gasteiger partial charge is 0.258 e. The molecule has 0 saturated heterocycles. The zero-order valence-corrected chi connectivity index (χ0v) is 10.8. The number of aromatic hydroxyl groups is 2. The van der Waals surface area contributed by atoms with Gasteiger partial charge >= 0.3 is 0 Å². The fourth-order valence-corrected chi connectivity index (χ4v) is 2.43. The van der Waals surface area contributed by atoms with Crippen LogP contribution in [0, 0.1) is 11.6 Å². The second-order valence-electron chi connectivity index (χ2n) is 4.84. The molecular formula is C15H11F2NO3. The van der Waals surface area contributed by atoms with Crippen LogP contribution in [0.3, 0.4) is 0 Å². The van der Waals surface area contributed by atoms with Gasteiger partial charge in [-0.3, -0.25) is 4.79 Å². The van der Waals surface area contributed by atoms with Crippen LogP contribution in [0.25, 0.3) is 0 Å². The lowest BCUT2D eigenvalue weighted by molar-refractivity contribution is 0.0762. The Morgan fingerprint density at radius 1 is 1.14 bits per heavy atom. The number of phenols is 2. The molecule has 0 radical (unpaired) electrons. The van der Waals surface area contributed by atoms with E-state index in [2.05, 4.69) is 0 Å². The lowest BCUT2D eigenvalue weighted by Gasteiger charge is -2.16. The van der Waals surface area contributed by atoms with E-state index >= 15 is 0 Å². The zero-order chi connectivity index (χ0) is 15.1. The molecular weight excluding hydrogens is 280 g/mol. The molecule has 1 aliphatic heterocycles. The van der Waals surface area contributed by atoms with Crippen molar-refractivity contribution in [1.29, 1.82) is 0 Å². The summed E-state index contributed by atoms with van der Waals surface area (Å²) in [5, 5.41) is 19.2. The number of hydrogen-bond acceptors (Lipinski definition) is 3. The molecule has 0 aromatic heterocycles. The summed E-state index contributed by atoms with van der Waals surface area (Å²) in [6, 6.07) is 6.57. The van der Waals surface area contributed by atoms with E-state index in [1.165, 1.54) is 29.2 Å². The molecule has 0 spiro atoms. The summed E-state index contributed by atoms with van der Waals surface area (Å²) in [6.07, 6.45) is 0. The molecule has 1 amide bonds. The number of carbonyl (C=O) groups excluding carboxylic acids is 1.